The Balaban J connectivity index is 2.15. The van der Waals surface area contributed by atoms with Gasteiger partial charge in [0, 0.05) is 11.2 Å². The van der Waals surface area contributed by atoms with Crippen molar-refractivity contribution in [1.82, 2.24) is 5.32 Å². The molecule has 1 unspecified atom stereocenters. The van der Waals surface area contributed by atoms with Crippen LogP contribution in [0.1, 0.15) is 29.4 Å². The maximum atomic E-state index is 13.7. The number of amides is 1. The largest absolute Gasteiger partial charge is 0.397 e. The van der Waals surface area contributed by atoms with Crippen molar-refractivity contribution in [3.05, 3.63) is 28.9 Å². The van der Waals surface area contributed by atoms with Gasteiger partial charge in [0.1, 0.15) is 10.7 Å². The van der Waals surface area contributed by atoms with E-state index in [9.17, 15) is 14.3 Å². The second-order valence-corrected chi connectivity index (χ2v) is 5.62. The van der Waals surface area contributed by atoms with Gasteiger partial charge < -0.3 is 16.2 Å². The van der Waals surface area contributed by atoms with E-state index in [4.69, 9.17) is 5.73 Å². The number of anilines is 1. The molecule has 20 heavy (non-hydrogen) atoms. The molecule has 0 saturated heterocycles. The van der Waals surface area contributed by atoms with Crippen LogP contribution in [0.2, 0.25) is 0 Å². The topological polar surface area (TPSA) is 75.3 Å². The van der Waals surface area contributed by atoms with Gasteiger partial charge in [0.05, 0.1) is 17.2 Å². The summed E-state index contributed by atoms with van der Waals surface area (Å²) in [4.78, 5) is 12.3. The van der Waals surface area contributed by atoms with Gasteiger partial charge in [-0.3, -0.25) is 4.79 Å². The van der Waals surface area contributed by atoms with E-state index in [-0.39, 0.29) is 11.6 Å². The normalized spacial score (nSPS) is 12.6. The first-order valence-corrected chi connectivity index (χ1v) is 7.29. The van der Waals surface area contributed by atoms with Crippen LogP contribution in [-0.4, -0.2) is 23.7 Å². The molecule has 0 aliphatic rings. The fourth-order valence-corrected chi connectivity index (χ4v) is 2.99. The van der Waals surface area contributed by atoms with E-state index in [0.29, 0.717) is 34.3 Å². The Hall–Kier alpha value is -1.66. The summed E-state index contributed by atoms with van der Waals surface area (Å²) >= 11 is 1.17. The minimum atomic E-state index is -0.424. The molecule has 0 fully saturated rings. The van der Waals surface area contributed by atoms with Crippen molar-refractivity contribution in [2.24, 2.45) is 0 Å². The Bertz CT molecular complexity index is 627. The average Bonchev–Trinajstić information content (AvgIpc) is 2.77. The molecular formula is C14H17FN2O2S. The maximum Gasteiger partial charge on any atom is 0.263 e. The third kappa shape index (κ3) is 2.91. The molecule has 0 spiro atoms. The Kier molecular flexibility index (Phi) is 4.57. The van der Waals surface area contributed by atoms with Crippen LogP contribution in [-0.2, 0) is 0 Å². The second kappa shape index (κ2) is 6.19. The van der Waals surface area contributed by atoms with Crippen molar-refractivity contribution in [3.63, 3.8) is 0 Å². The quantitative estimate of drug-likeness (QED) is 0.793. The van der Waals surface area contributed by atoms with E-state index >= 15 is 0 Å². The van der Waals surface area contributed by atoms with Crippen LogP contribution < -0.4 is 11.1 Å². The van der Waals surface area contributed by atoms with Crippen molar-refractivity contribution in [2.45, 2.75) is 25.9 Å². The zero-order chi connectivity index (χ0) is 14.7. The van der Waals surface area contributed by atoms with Gasteiger partial charge in [-0.15, -0.1) is 11.3 Å². The van der Waals surface area contributed by atoms with E-state index in [1.807, 2.05) is 6.92 Å². The van der Waals surface area contributed by atoms with E-state index < -0.39 is 11.9 Å². The molecule has 1 aromatic carbocycles. The van der Waals surface area contributed by atoms with Crippen LogP contribution in [0.25, 0.3) is 10.1 Å². The molecule has 1 aromatic heterocycles. The number of halogens is 1. The van der Waals surface area contributed by atoms with Gasteiger partial charge >= 0.3 is 0 Å². The summed E-state index contributed by atoms with van der Waals surface area (Å²) < 4.78 is 14.3. The molecule has 0 saturated carbocycles. The molecule has 1 heterocycles. The molecule has 6 heteroatoms. The first-order chi connectivity index (χ1) is 9.54. The predicted octanol–water partition coefficient (Wildman–Crippen LogP) is 2.51. The molecule has 108 valence electrons. The maximum absolute atomic E-state index is 13.7. The van der Waals surface area contributed by atoms with Gasteiger partial charge in [-0.2, -0.15) is 0 Å². The lowest BCUT2D eigenvalue weighted by molar-refractivity contribution is 0.0947. The van der Waals surface area contributed by atoms with E-state index in [1.165, 1.54) is 17.4 Å². The Morgan fingerprint density at radius 1 is 1.55 bits per heavy atom. The van der Waals surface area contributed by atoms with Gasteiger partial charge in [0.2, 0.25) is 0 Å². The fraction of sp³-hybridized carbons (Fsp3) is 0.357. The third-order valence-electron chi connectivity index (χ3n) is 3.14. The Labute approximate surface area is 120 Å². The minimum Gasteiger partial charge on any atom is -0.397 e. The molecule has 4 nitrogen and oxygen atoms in total. The lowest BCUT2D eigenvalue weighted by Gasteiger charge is -2.08. The van der Waals surface area contributed by atoms with Crippen LogP contribution in [0.5, 0.6) is 0 Å². The minimum absolute atomic E-state index is 0.177. The molecular weight excluding hydrogens is 279 g/mol. The van der Waals surface area contributed by atoms with Gasteiger partial charge in [-0.05, 0) is 25.0 Å². The molecule has 1 atom stereocenters. The van der Waals surface area contributed by atoms with Crippen molar-refractivity contribution in [2.75, 3.05) is 12.3 Å². The van der Waals surface area contributed by atoms with Crippen molar-refractivity contribution < 1.29 is 14.3 Å². The van der Waals surface area contributed by atoms with Gasteiger partial charge in [0.25, 0.3) is 5.91 Å². The lowest BCUT2D eigenvalue weighted by Crippen LogP contribution is -2.26. The van der Waals surface area contributed by atoms with Gasteiger partial charge in [-0.25, -0.2) is 4.39 Å². The zero-order valence-electron chi connectivity index (χ0n) is 11.1. The molecule has 0 bridgehead atoms. The highest BCUT2D eigenvalue weighted by Crippen LogP contribution is 2.35. The number of fused-ring (bicyclic) bond motifs is 1. The monoisotopic (exact) mass is 296 g/mol. The number of nitrogen functional groups attached to an aromatic ring is 1. The van der Waals surface area contributed by atoms with Crippen molar-refractivity contribution in [3.8, 4) is 0 Å². The predicted molar refractivity (Wildman–Crippen MR) is 79.4 cm³/mol. The van der Waals surface area contributed by atoms with Crippen LogP contribution in [0.3, 0.4) is 0 Å². The second-order valence-electron chi connectivity index (χ2n) is 4.56. The molecule has 1 amide bonds. The summed E-state index contributed by atoms with van der Waals surface area (Å²) in [6.07, 6.45) is 0.709. The smallest absolute Gasteiger partial charge is 0.263 e. The Morgan fingerprint density at radius 3 is 2.95 bits per heavy atom. The molecule has 0 radical (unpaired) electrons. The highest BCUT2D eigenvalue weighted by Gasteiger charge is 2.18. The lowest BCUT2D eigenvalue weighted by atomic mass is 10.2. The van der Waals surface area contributed by atoms with Gasteiger partial charge in [-0.1, -0.05) is 13.0 Å². The summed E-state index contributed by atoms with van der Waals surface area (Å²) in [6, 6.07) is 4.65. The third-order valence-corrected chi connectivity index (χ3v) is 4.31. The Morgan fingerprint density at radius 2 is 2.30 bits per heavy atom. The zero-order valence-corrected chi connectivity index (χ0v) is 12.0. The first kappa shape index (κ1) is 14.7. The number of hydrogen-bond donors (Lipinski definition) is 3. The van der Waals surface area contributed by atoms with E-state index in [1.54, 1.807) is 12.1 Å². The summed E-state index contributed by atoms with van der Waals surface area (Å²) in [5.41, 5.74) is 6.04. The first-order valence-electron chi connectivity index (χ1n) is 6.47. The number of nitrogens with one attached hydrogen (secondary N) is 1. The molecule has 0 aliphatic heterocycles. The fourth-order valence-electron chi connectivity index (χ4n) is 1.93. The number of aliphatic hydroxyl groups is 1. The highest BCUT2D eigenvalue weighted by molar-refractivity contribution is 7.21. The van der Waals surface area contributed by atoms with Crippen LogP contribution in [0, 0.1) is 5.82 Å². The van der Waals surface area contributed by atoms with Crippen LogP contribution in [0.15, 0.2) is 18.2 Å². The number of benzene rings is 1. The summed E-state index contributed by atoms with van der Waals surface area (Å²) in [7, 11) is 0. The number of rotatable bonds is 5. The standard InChI is InChI=1S/C14H17FN2O2S/c1-2-8(18)6-7-17-14(19)13-12(16)11-9(15)4-3-5-10(11)20-13/h3-5,8,18H,2,6-7,16H2,1H3,(H,17,19). The summed E-state index contributed by atoms with van der Waals surface area (Å²) in [6.45, 7) is 2.24. The number of thiophene rings is 1. The van der Waals surface area contributed by atoms with Crippen LogP contribution >= 0.6 is 11.3 Å². The number of carbonyl (C=O) groups is 1. The van der Waals surface area contributed by atoms with E-state index in [0.717, 1.165) is 0 Å². The SMILES string of the molecule is CCC(O)CCNC(=O)c1sc2cccc(F)c2c1N. The average molecular weight is 296 g/mol. The molecule has 2 rings (SSSR count). The number of carbonyl (C=O) groups excluding carboxylic acids is 1. The number of hydrogen-bond acceptors (Lipinski definition) is 4. The number of nitrogens with two attached hydrogens (primary N) is 1. The number of aliphatic hydroxyl groups excluding tert-OH is 1. The van der Waals surface area contributed by atoms with Crippen LogP contribution in [0.4, 0.5) is 10.1 Å². The molecule has 4 N–H and O–H groups in total. The highest BCUT2D eigenvalue weighted by atomic mass is 32.1. The molecule has 0 aliphatic carbocycles. The molecule has 2 aromatic rings. The summed E-state index contributed by atoms with van der Waals surface area (Å²) in [5, 5.41) is 12.4. The van der Waals surface area contributed by atoms with Crippen molar-refractivity contribution >= 4 is 33.0 Å². The van der Waals surface area contributed by atoms with Crippen molar-refractivity contribution in [1.29, 1.82) is 0 Å². The van der Waals surface area contributed by atoms with E-state index in [2.05, 4.69) is 5.32 Å². The summed E-state index contributed by atoms with van der Waals surface area (Å²) in [5.74, 6) is -0.747. The van der Waals surface area contributed by atoms with Gasteiger partial charge in [0.15, 0.2) is 0 Å².